The van der Waals surface area contributed by atoms with Crippen LogP contribution in [0.2, 0.25) is 0 Å². The molecule has 0 aliphatic carbocycles. The molecular weight excluding hydrogens is 212 g/mol. The van der Waals surface area contributed by atoms with Crippen molar-refractivity contribution >= 4 is 11.8 Å². The molecule has 0 radical (unpaired) electrons. The second kappa shape index (κ2) is 6.24. The van der Waals surface area contributed by atoms with Crippen LogP contribution >= 0.6 is 0 Å². The largest absolute Gasteiger partial charge is 0.481 e. The number of carboxylic acid groups (broad SMARTS) is 1. The molecule has 0 fully saturated rings. The molecule has 1 aliphatic rings. The normalized spacial score (nSPS) is 17.7. The summed E-state index contributed by atoms with van der Waals surface area (Å²) in [5.41, 5.74) is -0.753. The molecule has 1 aliphatic heterocycles. The van der Waals surface area contributed by atoms with E-state index in [1.54, 1.807) is 6.08 Å². The summed E-state index contributed by atoms with van der Waals surface area (Å²) in [5, 5.41) is 20.9. The molecule has 6 nitrogen and oxygen atoms in total. The van der Waals surface area contributed by atoms with E-state index in [4.69, 9.17) is 10.2 Å². The van der Waals surface area contributed by atoms with Crippen LogP contribution in [0.25, 0.3) is 0 Å². The molecule has 6 heteroatoms. The summed E-state index contributed by atoms with van der Waals surface area (Å²) in [7, 11) is 0. The van der Waals surface area contributed by atoms with E-state index in [2.05, 4.69) is 16.9 Å². The Labute approximate surface area is 94.0 Å². The number of aliphatic carboxylic acids is 1. The average Bonchev–Trinajstić information content (AvgIpc) is 2.69. The number of nitrogens with one attached hydrogen (secondary N) is 1. The Bertz CT molecular complexity index is 291. The lowest BCUT2D eigenvalue weighted by Crippen LogP contribution is -2.39. The van der Waals surface area contributed by atoms with Crippen molar-refractivity contribution in [3.05, 3.63) is 12.7 Å². The lowest BCUT2D eigenvalue weighted by Gasteiger charge is -2.28. The maximum atomic E-state index is 10.8. The van der Waals surface area contributed by atoms with Gasteiger partial charge in [0.05, 0.1) is 18.4 Å². The molecule has 0 bridgehead atoms. The standard InChI is InChI=1S/C10H16N2O3.H2O/c1-2-10(3-6-13,7-8(14)15)9-11-4-5-12-9;/h2,13H,1,3-7H2,(H,11,12)(H,14,15);1H2. The van der Waals surface area contributed by atoms with Crippen LogP contribution in [0.15, 0.2) is 17.6 Å². The molecule has 1 heterocycles. The lowest BCUT2D eigenvalue weighted by atomic mass is 9.80. The van der Waals surface area contributed by atoms with Gasteiger partial charge in [0.2, 0.25) is 0 Å². The Kier molecular flexibility index (Phi) is 5.69. The van der Waals surface area contributed by atoms with Crippen molar-refractivity contribution in [1.29, 1.82) is 0 Å². The van der Waals surface area contributed by atoms with Gasteiger partial charge in [0.25, 0.3) is 0 Å². The molecule has 0 aromatic carbocycles. The minimum absolute atomic E-state index is 0. The second-order valence-corrected chi connectivity index (χ2v) is 3.56. The van der Waals surface area contributed by atoms with Gasteiger partial charge in [0, 0.05) is 13.2 Å². The maximum Gasteiger partial charge on any atom is 0.304 e. The quantitative estimate of drug-likeness (QED) is 0.518. The molecule has 0 aromatic rings. The van der Waals surface area contributed by atoms with E-state index in [1.807, 2.05) is 0 Å². The molecule has 16 heavy (non-hydrogen) atoms. The van der Waals surface area contributed by atoms with E-state index in [0.717, 1.165) is 6.54 Å². The van der Waals surface area contributed by atoms with Gasteiger partial charge < -0.3 is 21.0 Å². The van der Waals surface area contributed by atoms with Crippen LogP contribution in [0.3, 0.4) is 0 Å². The molecule has 1 atom stereocenters. The van der Waals surface area contributed by atoms with Crippen molar-refractivity contribution in [2.45, 2.75) is 12.8 Å². The lowest BCUT2D eigenvalue weighted by molar-refractivity contribution is -0.138. The topological polar surface area (TPSA) is 113 Å². The van der Waals surface area contributed by atoms with E-state index in [1.165, 1.54) is 0 Å². The summed E-state index contributed by atoms with van der Waals surface area (Å²) in [5.74, 6) is -0.284. The molecular formula is C10H18N2O4. The first-order valence-corrected chi connectivity index (χ1v) is 4.89. The Hall–Kier alpha value is -1.40. The van der Waals surface area contributed by atoms with E-state index in [0.29, 0.717) is 18.8 Å². The van der Waals surface area contributed by atoms with E-state index < -0.39 is 11.4 Å². The van der Waals surface area contributed by atoms with Crippen LogP contribution in [0.1, 0.15) is 12.8 Å². The molecule has 0 saturated carbocycles. The third-order valence-electron chi connectivity index (χ3n) is 2.56. The SMILES string of the molecule is C=CC(CCO)(CC(=O)O)C1=NCCN1.O. The van der Waals surface area contributed by atoms with Gasteiger partial charge in [-0.25, -0.2) is 0 Å². The summed E-state index contributed by atoms with van der Waals surface area (Å²) in [6, 6.07) is 0. The molecule has 1 rings (SSSR count). The minimum atomic E-state index is -0.917. The first-order chi connectivity index (χ1) is 7.14. The van der Waals surface area contributed by atoms with Crippen molar-refractivity contribution in [1.82, 2.24) is 5.32 Å². The number of carbonyl (C=O) groups is 1. The molecule has 0 saturated heterocycles. The van der Waals surface area contributed by atoms with Crippen molar-refractivity contribution in [2.24, 2.45) is 10.4 Å². The van der Waals surface area contributed by atoms with Crippen LogP contribution in [0, 0.1) is 5.41 Å². The fourth-order valence-electron chi connectivity index (χ4n) is 1.76. The molecule has 0 aromatic heterocycles. The van der Waals surface area contributed by atoms with Crippen LogP contribution < -0.4 is 5.32 Å². The third kappa shape index (κ3) is 3.04. The van der Waals surface area contributed by atoms with Gasteiger partial charge in [-0.05, 0) is 6.42 Å². The zero-order valence-electron chi connectivity index (χ0n) is 9.07. The van der Waals surface area contributed by atoms with Gasteiger partial charge in [-0.2, -0.15) is 0 Å². The number of aliphatic hydroxyl groups excluding tert-OH is 1. The van der Waals surface area contributed by atoms with Crippen LogP contribution in [-0.4, -0.2) is 47.2 Å². The van der Waals surface area contributed by atoms with Gasteiger partial charge in [-0.15, -0.1) is 6.58 Å². The van der Waals surface area contributed by atoms with Gasteiger partial charge >= 0.3 is 5.97 Å². The number of rotatable bonds is 6. The summed E-state index contributed by atoms with van der Waals surface area (Å²) in [6.07, 6.45) is 1.80. The van der Waals surface area contributed by atoms with Crippen molar-refractivity contribution in [3.8, 4) is 0 Å². The van der Waals surface area contributed by atoms with Crippen LogP contribution in [-0.2, 0) is 4.79 Å². The first kappa shape index (κ1) is 14.6. The van der Waals surface area contributed by atoms with E-state index in [-0.39, 0.29) is 18.5 Å². The number of hydrogen-bond donors (Lipinski definition) is 3. The summed E-state index contributed by atoms with van der Waals surface area (Å²) in [6.45, 7) is 4.94. The van der Waals surface area contributed by atoms with Crippen LogP contribution in [0.4, 0.5) is 0 Å². The third-order valence-corrected chi connectivity index (χ3v) is 2.56. The molecule has 0 spiro atoms. The number of carboxylic acids is 1. The average molecular weight is 230 g/mol. The van der Waals surface area contributed by atoms with Crippen molar-refractivity contribution < 1.29 is 20.5 Å². The highest BCUT2D eigenvalue weighted by atomic mass is 16.4. The number of aliphatic hydroxyl groups is 1. The summed E-state index contributed by atoms with van der Waals surface area (Å²) < 4.78 is 0. The number of amidine groups is 1. The second-order valence-electron chi connectivity index (χ2n) is 3.56. The minimum Gasteiger partial charge on any atom is -0.481 e. The summed E-state index contributed by atoms with van der Waals surface area (Å²) >= 11 is 0. The highest BCUT2D eigenvalue weighted by Crippen LogP contribution is 2.30. The van der Waals surface area contributed by atoms with Gasteiger partial charge in [0.15, 0.2) is 0 Å². The fraction of sp³-hybridized carbons (Fsp3) is 0.600. The zero-order valence-corrected chi connectivity index (χ0v) is 9.07. The number of hydrogen-bond acceptors (Lipinski definition) is 4. The Morgan fingerprint density at radius 2 is 2.38 bits per heavy atom. The maximum absolute atomic E-state index is 10.8. The monoisotopic (exact) mass is 230 g/mol. The number of nitrogens with zero attached hydrogens (tertiary/aromatic N) is 1. The van der Waals surface area contributed by atoms with Gasteiger partial charge in [-0.1, -0.05) is 6.08 Å². The zero-order chi connectivity index (χ0) is 11.3. The molecule has 1 unspecified atom stereocenters. The van der Waals surface area contributed by atoms with Crippen LogP contribution in [0.5, 0.6) is 0 Å². The Morgan fingerprint density at radius 3 is 2.75 bits per heavy atom. The van der Waals surface area contributed by atoms with Crippen molar-refractivity contribution in [2.75, 3.05) is 19.7 Å². The molecule has 5 N–H and O–H groups in total. The highest BCUT2D eigenvalue weighted by Gasteiger charge is 2.36. The molecule has 92 valence electrons. The number of aliphatic imine (C=N–C) groups is 1. The smallest absolute Gasteiger partial charge is 0.304 e. The van der Waals surface area contributed by atoms with Gasteiger partial charge in [-0.3, -0.25) is 9.79 Å². The molecule has 0 amide bonds. The predicted octanol–water partition coefficient (Wildman–Crippen LogP) is -0.807. The van der Waals surface area contributed by atoms with Gasteiger partial charge in [0.1, 0.15) is 5.84 Å². The van der Waals surface area contributed by atoms with E-state index in [9.17, 15) is 4.79 Å². The Morgan fingerprint density at radius 1 is 1.69 bits per heavy atom. The van der Waals surface area contributed by atoms with E-state index >= 15 is 0 Å². The highest BCUT2D eigenvalue weighted by molar-refractivity contribution is 5.94. The fourth-order valence-corrected chi connectivity index (χ4v) is 1.76. The first-order valence-electron chi connectivity index (χ1n) is 4.89. The predicted molar refractivity (Wildman–Crippen MR) is 60.5 cm³/mol. The summed E-state index contributed by atoms with van der Waals surface area (Å²) in [4.78, 5) is 15.0. The van der Waals surface area contributed by atoms with Crippen molar-refractivity contribution in [3.63, 3.8) is 0 Å². The Balaban J connectivity index is 0.00000225.